The van der Waals surface area contributed by atoms with Gasteiger partial charge in [0.2, 0.25) is 0 Å². The number of hydrogen-bond donors (Lipinski definition) is 0. The van der Waals surface area contributed by atoms with Crippen molar-refractivity contribution in [2.24, 2.45) is 0 Å². The van der Waals surface area contributed by atoms with Gasteiger partial charge in [-0.1, -0.05) is 6.07 Å². The Hall–Kier alpha value is -2.28. The molecule has 1 aromatic heterocycles. The molecule has 0 unspecified atom stereocenters. The van der Waals surface area contributed by atoms with Gasteiger partial charge in [0.1, 0.15) is 12.4 Å². The molecule has 0 fully saturated rings. The fourth-order valence-corrected chi connectivity index (χ4v) is 1.91. The molecule has 0 N–H and O–H groups in total. The van der Waals surface area contributed by atoms with E-state index in [1.807, 2.05) is 23.7 Å². The Labute approximate surface area is 113 Å². The summed E-state index contributed by atoms with van der Waals surface area (Å²) in [6.45, 7) is 7.39. The van der Waals surface area contributed by atoms with Crippen molar-refractivity contribution < 1.29 is 4.74 Å². The molecule has 4 nitrogen and oxygen atoms in total. The minimum Gasteiger partial charge on any atom is -0.492 e. The van der Waals surface area contributed by atoms with Gasteiger partial charge in [-0.15, -0.1) is 0 Å². The Morgan fingerprint density at radius 1 is 1.32 bits per heavy atom. The smallest absolute Gasteiger partial charge is 0.120 e. The highest BCUT2D eigenvalue weighted by atomic mass is 16.5. The second-order valence-corrected chi connectivity index (χ2v) is 4.51. The molecule has 0 bridgehead atoms. The summed E-state index contributed by atoms with van der Waals surface area (Å²) in [5.74, 6) is 0.720. The molecule has 0 aliphatic heterocycles. The van der Waals surface area contributed by atoms with Crippen molar-refractivity contribution in [1.29, 1.82) is 5.26 Å². The van der Waals surface area contributed by atoms with E-state index in [1.165, 1.54) is 11.3 Å². The van der Waals surface area contributed by atoms with Gasteiger partial charge in [-0.3, -0.25) is 4.68 Å². The van der Waals surface area contributed by atoms with E-state index in [1.54, 1.807) is 12.1 Å². The van der Waals surface area contributed by atoms with Crippen molar-refractivity contribution in [2.45, 2.75) is 27.3 Å². The topological polar surface area (TPSA) is 50.8 Å². The maximum absolute atomic E-state index is 8.82. The van der Waals surface area contributed by atoms with E-state index >= 15 is 0 Å². The first-order valence-electron chi connectivity index (χ1n) is 6.25. The predicted molar refractivity (Wildman–Crippen MR) is 73.1 cm³/mol. The minimum absolute atomic E-state index is 0.538. The third-order valence-corrected chi connectivity index (χ3v) is 3.28. The van der Waals surface area contributed by atoms with Gasteiger partial charge in [-0.2, -0.15) is 10.4 Å². The van der Waals surface area contributed by atoms with Crippen LogP contribution in [0.5, 0.6) is 5.75 Å². The van der Waals surface area contributed by atoms with E-state index < -0.39 is 0 Å². The van der Waals surface area contributed by atoms with Crippen LogP contribution in [0.15, 0.2) is 24.3 Å². The third-order valence-electron chi connectivity index (χ3n) is 3.28. The summed E-state index contributed by atoms with van der Waals surface area (Å²) < 4.78 is 7.60. The van der Waals surface area contributed by atoms with Gasteiger partial charge >= 0.3 is 0 Å². The minimum atomic E-state index is 0.538. The molecule has 1 aromatic carbocycles. The van der Waals surface area contributed by atoms with Gasteiger partial charge in [0.05, 0.1) is 23.9 Å². The van der Waals surface area contributed by atoms with Crippen LogP contribution in [0.3, 0.4) is 0 Å². The lowest BCUT2D eigenvalue weighted by Gasteiger charge is -2.08. The van der Waals surface area contributed by atoms with Crippen LogP contribution in [0.1, 0.15) is 22.5 Å². The van der Waals surface area contributed by atoms with Crippen LogP contribution in [0.4, 0.5) is 0 Å². The van der Waals surface area contributed by atoms with E-state index in [0.717, 1.165) is 11.4 Å². The highest BCUT2D eigenvalue weighted by molar-refractivity contribution is 5.36. The Balaban J connectivity index is 1.96. The number of nitriles is 1. The van der Waals surface area contributed by atoms with Gasteiger partial charge < -0.3 is 4.74 Å². The third kappa shape index (κ3) is 2.94. The van der Waals surface area contributed by atoms with Crippen LogP contribution in [-0.4, -0.2) is 16.4 Å². The van der Waals surface area contributed by atoms with E-state index in [4.69, 9.17) is 10.00 Å². The van der Waals surface area contributed by atoms with Gasteiger partial charge in [0.15, 0.2) is 0 Å². The van der Waals surface area contributed by atoms with Gasteiger partial charge in [0.25, 0.3) is 0 Å². The van der Waals surface area contributed by atoms with Gasteiger partial charge in [-0.05, 0) is 44.5 Å². The molecule has 4 heteroatoms. The van der Waals surface area contributed by atoms with E-state index in [9.17, 15) is 0 Å². The van der Waals surface area contributed by atoms with Crippen LogP contribution >= 0.6 is 0 Å². The molecular formula is C15H17N3O. The summed E-state index contributed by atoms with van der Waals surface area (Å²) in [6, 6.07) is 9.28. The van der Waals surface area contributed by atoms with Crippen molar-refractivity contribution >= 4 is 0 Å². The average Bonchev–Trinajstić information content (AvgIpc) is 2.67. The lowest BCUT2D eigenvalue weighted by molar-refractivity contribution is 0.289. The van der Waals surface area contributed by atoms with Crippen molar-refractivity contribution in [2.75, 3.05) is 6.61 Å². The normalized spacial score (nSPS) is 10.2. The quantitative estimate of drug-likeness (QED) is 0.844. The Bertz CT molecular complexity index is 623. The van der Waals surface area contributed by atoms with E-state index in [0.29, 0.717) is 18.7 Å². The molecule has 0 saturated heterocycles. The van der Waals surface area contributed by atoms with Crippen LogP contribution in [0, 0.1) is 32.1 Å². The molecule has 0 saturated carbocycles. The first-order valence-corrected chi connectivity index (χ1v) is 6.25. The van der Waals surface area contributed by atoms with Crippen LogP contribution in [0.2, 0.25) is 0 Å². The summed E-state index contributed by atoms with van der Waals surface area (Å²) in [4.78, 5) is 0. The summed E-state index contributed by atoms with van der Waals surface area (Å²) in [5.41, 5.74) is 4.07. The van der Waals surface area contributed by atoms with Crippen molar-refractivity contribution in [1.82, 2.24) is 9.78 Å². The number of aryl methyl sites for hydroxylation is 1. The molecule has 19 heavy (non-hydrogen) atoms. The average molecular weight is 255 g/mol. The standard InChI is InChI=1S/C15H17N3O/c1-11-12(2)17-18(13(11)3)7-8-19-15-6-4-5-14(9-15)10-16/h4-6,9H,7-8H2,1-3H3. The summed E-state index contributed by atoms with van der Waals surface area (Å²) >= 11 is 0. The zero-order valence-electron chi connectivity index (χ0n) is 11.5. The van der Waals surface area contributed by atoms with Crippen molar-refractivity contribution in [3.05, 3.63) is 46.8 Å². The Morgan fingerprint density at radius 3 is 2.74 bits per heavy atom. The lowest BCUT2D eigenvalue weighted by atomic mass is 10.2. The fourth-order valence-electron chi connectivity index (χ4n) is 1.91. The van der Waals surface area contributed by atoms with E-state index in [-0.39, 0.29) is 0 Å². The summed E-state index contributed by atoms with van der Waals surface area (Å²) in [5, 5.41) is 13.3. The summed E-state index contributed by atoms with van der Waals surface area (Å²) in [7, 11) is 0. The molecule has 0 aliphatic rings. The molecule has 2 aromatic rings. The molecule has 1 heterocycles. The summed E-state index contributed by atoms with van der Waals surface area (Å²) in [6.07, 6.45) is 0. The van der Waals surface area contributed by atoms with Gasteiger partial charge in [-0.25, -0.2) is 0 Å². The highest BCUT2D eigenvalue weighted by Gasteiger charge is 2.06. The maximum atomic E-state index is 8.82. The van der Waals surface area contributed by atoms with Crippen LogP contribution in [-0.2, 0) is 6.54 Å². The molecule has 0 aliphatic carbocycles. The number of nitrogens with zero attached hydrogens (tertiary/aromatic N) is 3. The van der Waals surface area contributed by atoms with Crippen LogP contribution < -0.4 is 4.74 Å². The zero-order chi connectivity index (χ0) is 13.8. The highest BCUT2D eigenvalue weighted by Crippen LogP contribution is 2.14. The second-order valence-electron chi connectivity index (χ2n) is 4.51. The second kappa shape index (κ2) is 5.57. The number of hydrogen-bond acceptors (Lipinski definition) is 3. The number of benzene rings is 1. The van der Waals surface area contributed by atoms with Crippen molar-refractivity contribution in [3.8, 4) is 11.8 Å². The molecule has 0 radical (unpaired) electrons. The molecule has 0 spiro atoms. The first kappa shape index (κ1) is 13.2. The van der Waals surface area contributed by atoms with Crippen molar-refractivity contribution in [3.63, 3.8) is 0 Å². The van der Waals surface area contributed by atoms with Gasteiger partial charge in [0, 0.05) is 5.69 Å². The number of ether oxygens (including phenoxy) is 1. The maximum Gasteiger partial charge on any atom is 0.120 e. The zero-order valence-corrected chi connectivity index (χ0v) is 11.5. The molecular weight excluding hydrogens is 238 g/mol. The van der Waals surface area contributed by atoms with E-state index in [2.05, 4.69) is 25.0 Å². The Kier molecular flexibility index (Phi) is 3.86. The Morgan fingerprint density at radius 2 is 2.11 bits per heavy atom. The molecule has 0 atom stereocenters. The monoisotopic (exact) mass is 255 g/mol. The predicted octanol–water partition coefficient (Wildman–Crippen LogP) is 2.76. The van der Waals surface area contributed by atoms with Crippen LogP contribution in [0.25, 0.3) is 0 Å². The number of rotatable bonds is 4. The SMILES string of the molecule is Cc1nn(CCOc2cccc(C#N)c2)c(C)c1C. The molecule has 2 rings (SSSR count). The lowest BCUT2D eigenvalue weighted by Crippen LogP contribution is -2.11. The first-order chi connectivity index (χ1) is 9.11. The molecule has 98 valence electrons. The largest absolute Gasteiger partial charge is 0.492 e. The fraction of sp³-hybridized carbons (Fsp3) is 0.333. The molecule has 0 amide bonds. The number of aromatic nitrogens is 2.